The number of aliphatic hydroxyl groups is 1. The summed E-state index contributed by atoms with van der Waals surface area (Å²) in [5, 5.41) is 11.4. The fourth-order valence-corrected chi connectivity index (χ4v) is 1.70. The molecule has 1 heterocycles. The molecule has 0 saturated carbocycles. The van der Waals surface area contributed by atoms with E-state index in [0.29, 0.717) is 18.7 Å². The third-order valence-electron chi connectivity index (χ3n) is 2.59. The summed E-state index contributed by atoms with van der Waals surface area (Å²) in [6.45, 7) is 1.13. The van der Waals surface area contributed by atoms with Crippen molar-refractivity contribution in [2.45, 2.75) is 6.10 Å². The number of amides is 2. The van der Waals surface area contributed by atoms with Crippen LogP contribution in [-0.4, -0.2) is 47.6 Å². The Morgan fingerprint density at radius 1 is 1.29 bits per heavy atom. The Morgan fingerprint density at radius 3 is 2.53 bits per heavy atom. The van der Waals surface area contributed by atoms with Crippen molar-refractivity contribution < 1.29 is 14.7 Å². The summed E-state index contributed by atoms with van der Waals surface area (Å²) in [6.07, 6.45) is -0.340. The lowest BCUT2D eigenvalue weighted by Gasteiger charge is -2.34. The standard InChI is InChI=1S/C12H14N2O3/c15-10-6-14(7-10)8-11(16)13-12(17)9-4-2-1-3-5-9/h1-5,10,15H,6-8H2,(H,13,16,17). The number of benzene rings is 1. The number of imide groups is 1. The summed E-state index contributed by atoms with van der Waals surface area (Å²) in [7, 11) is 0. The van der Waals surface area contributed by atoms with Crippen LogP contribution in [0, 0.1) is 0 Å². The molecule has 2 N–H and O–H groups in total. The molecule has 0 bridgehead atoms. The fraction of sp³-hybridized carbons (Fsp3) is 0.333. The molecular weight excluding hydrogens is 220 g/mol. The maximum Gasteiger partial charge on any atom is 0.257 e. The molecule has 1 aromatic carbocycles. The largest absolute Gasteiger partial charge is 0.390 e. The normalized spacial score (nSPS) is 16.3. The molecule has 2 rings (SSSR count). The van der Waals surface area contributed by atoms with Crippen LogP contribution in [0.15, 0.2) is 30.3 Å². The molecule has 0 aliphatic carbocycles. The lowest BCUT2D eigenvalue weighted by molar-refractivity contribution is -0.123. The molecule has 1 saturated heterocycles. The molecule has 1 aliphatic rings. The van der Waals surface area contributed by atoms with Crippen LogP contribution in [0.3, 0.4) is 0 Å². The number of likely N-dealkylation sites (tertiary alicyclic amines) is 1. The highest BCUT2D eigenvalue weighted by Gasteiger charge is 2.26. The zero-order chi connectivity index (χ0) is 12.3. The van der Waals surface area contributed by atoms with Gasteiger partial charge in [-0.1, -0.05) is 18.2 Å². The first-order valence-electron chi connectivity index (χ1n) is 5.45. The van der Waals surface area contributed by atoms with E-state index in [1.807, 2.05) is 0 Å². The summed E-state index contributed by atoms with van der Waals surface area (Å²) in [5.74, 6) is -0.734. The van der Waals surface area contributed by atoms with Crippen molar-refractivity contribution in [3.05, 3.63) is 35.9 Å². The van der Waals surface area contributed by atoms with Crippen LogP contribution in [0.1, 0.15) is 10.4 Å². The molecule has 5 nitrogen and oxygen atoms in total. The summed E-state index contributed by atoms with van der Waals surface area (Å²) in [5.41, 5.74) is 0.462. The molecule has 0 spiro atoms. The number of carbonyl (C=O) groups is 2. The average molecular weight is 234 g/mol. The second kappa shape index (κ2) is 5.07. The van der Waals surface area contributed by atoms with E-state index in [9.17, 15) is 9.59 Å². The van der Waals surface area contributed by atoms with Crippen molar-refractivity contribution in [1.82, 2.24) is 10.2 Å². The first-order valence-corrected chi connectivity index (χ1v) is 5.45. The van der Waals surface area contributed by atoms with E-state index in [2.05, 4.69) is 5.32 Å². The molecule has 17 heavy (non-hydrogen) atoms. The van der Waals surface area contributed by atoms with Crippen LogP contribution in [0.2, 0.25) is 0 Å². The van der Waals surface area contributed by atoms with E-state index in [1.165, 1.54) is 0 Å². The van der Waals surface area contributed by atoms with Gasteiger partial charge in [-0.3, -0.25) is 19.8 Å². The molecule has 2 amide bonds. The van der Waals surface area contributed by atoms with Gasteiger partial charge >= 0.3 is 0 Å². The second-order valence-electron chi connectivity index (χ2n) is 4.09. The first-order chi connectivity index (χ1) is 8.15. The van der Waals surface area contributed by atoms with Crippen LogP contribution < -0.4 is 5.32 Å². The Hall–Kier alpha value is -1.72. The number of hydrogen-bond acceptors (Lipinski definition) is 4. The van der Waals surface area contributed by atoms with Crippen LogP contribution in [0.5, 0.6) is 0 Å². The predicted molar refractivity (Wildman–Crippen MR) is 61.4 cm³/mol. The van der Waals surface area contributed by atoms with Crippen molar-refractivity contribution in [3.63, 3.8) is 0 Å². The first kappa shape index (κ1) is 11.8. The lowest BCUT2D eigenvalue weighted by atomic mass is 10.1. The van der Waals surface area contributed by atoms with Crippen molar-refractivity contribution in [2.24, 2.45) is 0 Å². The van der Waals surface area contributed by atoms with Gasteiger partial charge < -0.3 is 5.11 Å². The van der Waals surface area contributed by atoms with Crippen LogP contribution >= 0.6 is 0 Å². The molecule has 1 aromatic rings. The topological polar surface area (TPSA) is 69.6 Å². The number of nitrogens with zero attached hydrogens (tertiary/aromatic N) is 1. The monoisotopic (exact) mass is 234 g/mol. The predicted octanol–water partition coefficient (Wildman–Crippen LogP) is -0.380. The van der Waals surface area contributed by atoms with E-state index < -0.39 is 5.91 Å². The van der Waals surface area contributed by atoms with Crippen LogP contribution in [0.4, 0.5) is 0 Å². The highest BCUT2D eigenvalue weighted by Crippen LogP contribution is 2.05. The van der Waals surface area contributed by atoms with Gasteiger partial charge in [-0.15, -0.1) is 0 Å². The van der Waals surface area contributed by atoms with Gasteiger partial charge in [-0.25, -0.2) is 0 Å². The molecular formula is C12H14N2O3. The van der Waals surface area contributed by atoms with E-state index in [-0.39, 0.29) is 18.6 Å². The van der Waals surface area contributed by atoms with Crippen molar-refractivity contribution in [1.29, 1.82) is 0 Å². The Balaban J connectivity index is 1.81. The number of aliphatic hydroxyl groups excluding tert-OH is 1. The Kier molecular flexibility index (Phi) is 3.51. The van der Waals surface area contributed by atoms with Gasteiger partial charge in [0.1, 0.15) is 0 Å². The van der Waals surface area contributed by atoms with Gasteiger partial charge in [-0.2, -0.15) is 0 Å². The summed E-state index contributed by atoms with van der Waals surface area (Å²) >= 11 is 0. The molecule has 5 heteroatoms. The number of carbonyl (C=O) groups excluding carboxylic acids is 2. The zero-order valence-corrected chi connectivity index (χ0v) is 9.30. The van der Waals surface area contributed by atoms with Crippen molar-refractivity contribution >= 4 is 11.8 Å². The molecule has 90 valence electrons. The second-order valence-corrected chi connectivity index (χ2v) is 4.09. The van der Waals surface area contributed by atoms with Gasteiger partial charge in [0.15, 0.2) is 0 Å². The SMILES string of the molecule is O=C(CN1CC(O)C1)NC(=O)c1ccccc1. The fourth-order valence-electron chi connectivity index (χ4n) is 1.70. The minimum absolute atomic E-state index is 0.148. The van der Waals surface area contributed by atoms with Crippen LogP contribution in [0.25, 0.3) is 0 Å². The molecule has 1 fully saturated rings. The van der Waals surface area contributed by atoms with Gasteiger partial charge in [0.2, 0.25) is 5.91 Å². The number of β-amino-alcohol motifs (C(OH)–C–C–N with tert-alkyl or cyclic N) is 1. The van der Waals surface area contributed by atoms with Crippen molar-refractivity contribution in [2.75, 3.05) is 19.6 Å². The molecule has 0 atom stereocenters. The highest BCUT2D eigenvalue weighted by atomic mass is 16.3. The van der Waals surface area contributed by atoms with Gasteiger partial charge in [-0.05, 0) is 12.1 Å². The van der Waals surface area contributed by atoms with E-state index >= 15 is 0 Å². The maximum atomic E-state index is 11.6. The smallest absolute Gasteiger partial charge is 0.257 e. The lowest BCUT2D eigenvalue weighted by Crippen LogP contribution is -2.54. The Morgan fingerprint density at radius 2 is 1.94 bits per heavy atom. The summed E-state index contributed by atoms with van der Waals surface area (Å²) in [4.78, 5) is 24.9. The van der Waals surface area contributed by atoms with Gasteiger partial charge in [0, 0.05) is 18.7 Å². The van der Waals surface area contributed by atoms with Crippen LogP contribution in [-0.2, 0) is 4.79 Å². The van der Waals surface area contributed by atoms with E-state index in [0.717, 1.165) is 0 Å². The number of rotatable bonds is 3. The summed E-state index contributed by atoms with van der Waals surface area (Å²) < 4.78 is 0. The zero-order valence-electron chi connectivity index (χ0n) is 9.30. The maximum absolute atomic E-state index is 11.6. The molecule has 1 aliphatic heterocycles. The summed E-state index contributed by atoms with van der Waals surface area (Å²) in [6, 6.07) is 8.59. The third-order valence-corrected chi connectivity index (χ3v) is 2.59. The van der Waals surface area contributed by atoms with E-state index in [1.54, 1.807) is 35.2 Å². The Labute approximate surface area is 99.0 Å². The third kappa shape index (κ3) is 3.12. The molecule has 0 unspecified atom stereocenters. The number of hydrogen-bond donors (Lipinski definition) is 2. The van der Waals surface area contributed by atoms with Gasteiger partial charge in [0.25, 0.3) is 5.91 Å². The van der Waals surface area contributed by atoms with Crippen molar-refractivity contribution in [3.8, 4) is 0 Å². The molecule has 0 radical (unpaired) electrons. The number of nitrogens with one attached hydrogen (secondary N) is 1. The minimum Gasteiger partial charge on any atom is -0.390 e. The minimum atomic E-state index is -0.392. The average Bonchev–Trinajstić information content (AvgIpc) is 2.28. The van der Waals surface area contributed by atoms with Gasteiger partial charge in [0.05, 0.1) is 12.6 Å². The molecule has 0 aromatic heterocycles. The quantitative estimate of drug-likeness (QED) is 0.748. The highest BCUT2D eigenvalue weighted by molar-refractivity contribution is 6.05. The van der Waals surface area contributed by atoms with E-state index in [4.69, 9.17) is 5.11 Å². The Bertz CT molecular complexity index is 413.